The number of carbonyl (C=O) groups is 1. The lowest BCUT2D eigenvalue weighted by molar-refractivity contribution is -0.142. The first-order valence-corrected chi connectivity index (χ1v) is 11.7. The van der Waals surface area contributed by atoms with E-state index in [4.69, 9.17) is 4.74 Å². The van der Waals surface area contributed by atoms with Crippen LogP contribution in [0.4, 0.5) is 3.89 Å². The van der Waals surface area contributed by atoms with Gasteiger partial charge in [-0.3, -0.25) is 4.79 Å². The third-order valence-electron chi connectivity index (χ3n) is 4.37. The number of methoxy groups -OCH3 is 1. The maximum absolute atomic E-state index is 12.9. The summed E-state index contributed by atoms with van der Waals surface area (Å²) in [5.41, 5.74) is 0.459. The number of ether oxygens (including phenoxy) is 1. The monoisotopic (exact) mass is 467 g/mol. The third-order valence-corrected chi connectivity index (χ3v) is 6.23. The van der Waals surface area contributed by atoms with E-state index in [1.807, 2.05) is 12.1 Å². The van der Waals surface area contributed by atoms with Crippen molar-refractivity contribution in [2.24, 2.45) is 0 Å². The van der Waals surface area contributed by atoms with Gasteiger partial charge in [0.1, 0.15) is 11.8 Å². The second-order valence-corrected chi connectivity index (χ2v) is 9.20. The quantitative estimate of drug-likeness (QED) is 0.400. The number of fused-ring (bicyclic) bond motifs is 1. The molecule has 0 aromatic heterocycles. The van der Waals surface area contributed by atoms with Crippen molar-refractivity contribution >= 4 is 37.3 Å². The van der Waals surface area contributed by atoms with Crippen LogP contribution in [0, 0.1) is 0 Å². The minimum atomic E-state index is -5.17. The van der Waals surface area contributed by atoms with Gasteiger partial charge in [0.25, 0.3) is 0 Å². The molecule has 0 aliphatic rings. The maximum Gasteiger partial charge on any atom is 0.488 e. The molecule has 31 heavy (non-hydrogen) atoms. The third kappa shape index (κ3) is 6.00. The standard InChI is InChI=1S/C20H18FNO7S2/c1-28-20(23)19(12-14-6-9-17(10-7-14)29-31(21,26)27)22-30(24,25)18-11-8-15-4-2-3-5-16(15)13-18/h2-11,13,19,22H,12H2,1H3/t19-/m0/s1. The van der Waals surface area contributed by atoms with Gasteiger partial charge in [-0.15, -0.1) is 0 Å². The minimum Gasteiger partial charge on any atom is -0.468 e. The molecule has 0 saturated heterocycles. The SMILES string of the molecule is COC(=O)[C@H](Cc1ccc(OS(=O)(=O)F)cc1)NS(=O)(=O)c1ccc2ccccc2c1. The Morgan fingerprint density at radius 1 is 0.968 bits per heavy atom. The predicted octanol–water partition coefficient (Wildman–Crippen LogP) is 2.50. The van der Waals surface area contributed by atoms with E-state index in [2.05, 4.69) is 8.91 Å². The number of nitrogens with one attached hydrogen (secondary N) is 1. The number of benzene rings is 3. The van der Waals surface area contributed by atoms with Gasteiger partial charge in [0.2, 0.25) is 10.0 Å². The van der Waals surface area contributed by atoms with Gasteiger partial charge in [0.05, 0.1) is 12.0 Å². The van der Waals surface area contributed by atoms with Crippen molar-refractivity contribution in [3.05, 3.63) is 72.3 Å². The molecular formula is C20H18FNO7S2. The first kappa shape index (κ1) is 22.7. The molecule has 1 N–H and O–H groups in total. The van der Waals surface area contributed by atoms with Gasteiger partial charge in [-0.05, 0) is 47.0 Å². The molecule has 0 heterocycles. The van der Waals surface area contributed by atoms with E-state index in [0.717, 1.165) is 17.9 Å². The number of esters is 1. The summed E-state index contributed by atoms with van der Waals surface area (Å²) in [5.74, 6) is -1.08. The van der Waals surface area contributed by atoms with Crippen LogP contribution in [0.5, 0.6) is 5.75 Å². The Morgan fingerprint density at radius 2 is 1.61 bits per heavy atom. The van der Waals surface area contributed by atoms with Crippen molar-refractivity contribution in [3.63, 3.8) is 0 Å². The average molecular weight is 467 g/mol. The van der Waals surface area contributed by atoms with Crippen molar-refractivity contribution in [2.75, 3.05) is 7.11 Å². The fraction of sp³-hybridized carbons (Fsp3) is 0.150. The number of hydrogen-bond donors (Lipinski definition) is 1. The van der Waals surface area contributed by atoms with E-state index in [1.165, 1.54) is 36.4 Å². The van der Waals surface area contributed by atoms with Crippen LogP contribution in [-0.4, -0.2) is 36.0 Å². The maximum atomic E-state index is 12.9. The summed E-state index contributed by atoms with van der Waals surface area (Å²) in [6.45, 7) is 0. The van der Waals surface area contributed by atoms with Crippen LogP contribution in [0.3, 0.4) is 0 Å². The lowest BCUT2D eigenvalue weighted by Gasteiger charge is -2.17. The van der Waals surface area contributed by atoms with Crippen molar-refractivity contribution in [1.29, 1.82) is 0 Å². The molecule has 0 bridgehead atoms. The second-order valence-electron chi connectivity index (χ2n) is 6.53. The van der Waals surface area contributed by atoms with Crippen molar-refractivity contribution in [1.82, 2.24) is 4.72 Å². The van der Waals surface area contributed by atoms with Crippen LogP contribution in [0.1, 0.15) is 5.56 Å². The fourth-order valence-electron chi connectivity index (χ4n) is 2.94. The molecule has 0 fully saturated rings. The van der Waals surface area contributed by atoms with Crippen molar-refractivity contribution in [2.45, 2.75) is 17.4 Å². The van der Waals surface area contributed by atoms with Gasteiger partial charge < -0.3 is 8.92 Å². The van der Waals surface area contributed by atoms with E-state index in [9.17, 15) is 25.5 Å². The predicted molar refractivity (Wildman–Crippen MR) is 111 cm³/mol. The topological polar surface area (TPSA) is 116 Å². The Morgan fingerprint density at radius 3 is 2.23 bits per heavy atom. The largest absolute Gasteiger partial charge is 0.488 e. The van der Waals surface area contributed by atoms with E-state index in [0.29, 0.717) is 5.56 Å². The smallest absolute Gasteiger partial charge is 0.468 e. The molecule has 1 atom stereocenters. The normalized spacial score (nSPS) is 13.0. The molecular weight excluding hydrogens is 449 g/mol. The first-order valence-electron chi connectivity index (χ1n) is 8.89. The molecule has 0 unspecified atom stereocenters. The van der Waals surface area contributed by atoms with Gasteiger partial charge in [0.15, 0.2) is 0 Å². The molecule has 0 saturated carbocycles. The number of rotatable bonds is 8. The van der Waals surface area contributed by atoms with Crippen LogP contribution < -0.4 is 8.91 Å². The van der Waals surface area contributed by atoms with Crippen molar-refractivity contribution in [3.8, 4) is 5.75 Å². The summed E-state index contributed by atoms with van der Waals surface area (Å²) >= 11 is 0. The van der Waals surface area contributed by atoms with E-state index < -0.39 is 32.5 Å². The Kier molecular flexibility index (Phi) is 6.58. The van der Waals surface area contributed by atoms with E-state index in [-0.39, 0.29) is 17.1 Å². The molecule has 164 valence electrons. The summed E-state index contributed by atoms with van der Waals surface area (Å²) in [6, 6.07) is 15.7. The highest BCUT2D eigenvalue weighted by Crippen LogP contribution is 2.20. The second kappa shape index (κ2) is 9.00. The molecule has 0 aliphatic carbocycles. The molecule has 0 spiro atoms. The first-order chi connectivity index (χ1) is 14.6. The lowest BCUT2D eigenvalue weighted by atomic mass is 10.1. The number of sulfonamides is 1. The Labute approximate surface area is 179 Å². The zero-order valence-electron chi connectivity index (χ0n) is 16.2. The highest BCUT2D eigenvalue weighted by Gasteiger charge is 2.27. The Balaban J connectivity index is 1.82. The number of hydrogen-bond acceptors (Lipinski definition) is 7. The van der Waals surface area contributed by atoms with Gasteiger partial charge in [0, 0.05) is 0 Å². The van der Waals surface area contributed by atoms with Gasteiger partial charge >= 0.3 is 16.5 Å². The van der Waals surface area contributed by atoms with Crippen LogP contribution in [-0.2, 0) is 36.5 Å². The van der Waals surface area contributed by atoms with Gasteiger partial charge in [-0.2, -0.15) is 13.1 Å². The molecule has 3 aromatic carbocycles. The molecule has 11 heteroatoms. The Hall–Kier alpha value is -3.02. The average Bonchev–Trinajstić information content (AvgIpc) is 2.72. The van der Waals surface area contributed by atoms with Crippen LogP contribution in [0.15, 0.2) is 71.6 Å². The minimum absolute atomic E-state index is 0.0167. The van der Waals surface area contributed by atoms with Crippen LogP contribution in [0.25, 0.3) is 10.8 Å². The summed E-state index contributed by atoms with van der Waals surface area (Å²) < 4.78 is 70.5. The molecule has 0 aliphatic heterocycles. The summed E-state index contributed by atoms with van der Waals surface area (Å²) in [4.78, 5) is 12.2. The summed E-state index contributed by atoms with van der Waals surface area (Å²) in [7, 11) is -8.10. The van der Waals surface area contributed by atoms with Crippen LogP contribution in [0.2, 0.25) is 0 Å². The lowest BCUT2D eigenvalue weighted by Crippen LogP contribution is -2.42. The van der Waals surface area contributed by atoms with Gasteiger partial charge in [-0.1, -0.05) is 46.4 Å². The number of halogens is 1. The zero-order valence-corrected chi connectivity index (χ0v) is 17.8. The zero-order chi connectivity index (χ0) is 22.6. The van der Waals surface area contributed by atoms with Gasteiger partial charge in [-0.25, -0.2) is 8.42 Å². The summed E-state index contributed by atoms with van der Waals surface area (Å²) in [6.07, 6.45) is -0.0951. The molecule has 0 radical (unpaired) electrons. The molecule has 0 amide bonds. The van der Waals surface area contributed by atoms with E-state index >= 15 is 0 Å². The van der Waals surface area contributed by atoms with Crippen molar-refractivity contribution < 1.29 is 34.4 Å². The summed E-state index contributed by atoms with van der Waals surface area (Å²) in [5, 5.41) is 1.59. The highest BCUT2D eigenvalue weighted by molar-refractivity contribution is 7.89. The highest BCUT2D eigenvalue weighted by atomic mass is 32.3. The van der Waals surface area contributed by atoms with Crippen LogP contribution >= 0.6 is 0 Å². The van der Waals surface area contributed by atoms with E-state index in [1.54, 1.807) is 18.2 Å². The number of carbonyl (C=O) groups excluding carboxylic acids is 1. The molecule has 8 nitrogen and oxygen atoms in total. The molecule has 3 rings (SSSR count). The Bertz CT molecular complexity index is 1310. The fourth-order valence-corrected chi connectivity index (χ4v) is 4.50. The molecule has 3 aromatic rings.